The molecular formula is C7H6N3O7P. The first-order chi connectivity index (χ1) is 8.52. The summed E-state index contributed by atoms with van der Waals surface area (Å²) < 4.78 is 30.3. The van der Waals surface area contributed by atoms with Crippen LogP contribution in [0.3, 0.4) is 0 Å². The number of hydrogen-bond acceptors (Lipinski definition) is 9. The fraction of sp³-hybridized carbons (Fsp3) is 0.143. The molecule has 0 N–H and O–H groups in total. The summed E-state index contributed by atoms with van der Waals surface area (Å²) in [5, 5.41) is 12.4. The molecule has 0 saturated carbocycles. The lowest BCUT2D eigenvalue weighted by Gasteiger charge is -2.21. The second-order valence-corrected chi connectivity index (χ2v) is 4.70. The summed E-state index contributed by atoms with van der Waals surface area (Å²) in [6.07, 6.45) is 0. The molecule has 3 aliphatic rings. The van der Waals surface area contributed by atoms with Crippen LogP contribution >= 0.6 is 7.82 Å². The van der Waals surface area contributed by atoms with E-state index in [1.807, 2.05) is 0 Å². The number of methoxy groups -OCH3 is 1. The molecule has 96 valence electrons. The Labute approximate surface area is 99.8 Å². The van der Waals surface area contributed by atoms with Crippen molar-refractivity contribution in [1.82, 2.24) is 5.34 Å². The van der Waals surface area contributed by atoms with Gasteiger partial charge in [0.05, 0.1) is 23.1 Å². The number of hydrazine groups is 1. The molecule has 18 heavy (non-hydrogen) atoms. The van der Waals surface area contributed by atoms with Crippen molar-refractivity contribution in [2.75, 3.05) is 12.3 Å². The monoisotopic (exact) mass is 275 g/mol. The largest absolute Gasteiger partial charge is 0.538 e. The van der Waals surface area contributed by atoms with Crippen molar-refractivity contribution >= 4 is 19.2 Å². The number of fused-ring (bicyclic) bond motifs is 1. The SMILES string of the molecule is COc1cc(N2OP3(=O)ON2O3)ccc1[N+](=O)[O-]. The Bertz CT molecular complexity index is 568. The standard InChI is InChI=1S/C7H6N3O7P/c1-14-7-4-5(2-3-6(7)9(11)12)8-10-16-18(13,15-8)17-10/h2-4H,1H3. The molecule has 1 aromatic rings. The molecule has 10 nitrogen and oxygen atoms in total. The minimum absolute atomic E-state index is 0.0321. The van der Waals surface area contributed by atoms with Gasteiger partial charge in [0.15, 0.2) is 5.75 Å². The minimum Gasteiger partial charge on any atom is -0.490 e. The highest BCUT2D eigenvalue weighted by Gasteiger charge is 2.60. The minimum atomic E-state index is -3.50. The van der Waals surface area contributed by atoms with E-state index in [-0.39, 0.29) is 11.4 Å². The molecule has 0 unspecified atom stereocenters. The number of rotatable bonds is 3. The first kappa shape index (κ1) is 11.4. The van der Waals surface area contributed by atoms with Crippen LogP contribution in [0.25, 0.3) is 0 Å². The van der Waals surface area contributed by atoms with Crippen LogP contribution in [0.2, 0.25) is 0 Å². The van der Waals surface area contributed by atoms with Gasteiger partial charge in [-0.3, -0.25) is 10.1 Å². The Kier molecular flexibility index (Phi) is 2.30. The van der Waals surface area contributed by atoms with Crippen LogP contribution in [0.1, 0.15) is 0 Å². The highest BCUT2D eigenvalue weighted by molar-refractivity contribution is 7.49. The van der Waals surface area contributed by atoms with E-state index in [4.69, 9.17) is 9.36 Å². The van der Waals surface area contributed by atoms with E-state index in [1.165, 1.54) is 25.3 Å². The van der Waals surface area contributed by atoms with Gasteiger partial charge in [0.2, 0.25) is 0 Å². The summed E-state index contributed by atoms with van der Waals surface area (Å²) in [6, 6.07) is 3.93. The van der Waals surface area contributed by atoms with E-state index in [1.54, 1.807) is 0 Å². The first-order valence-electron chi connectivity index (χ1n) is 4.64. The Balaban J connectivity index is 1.95. The molecule has 3 aliphatic heterocycles. The zero-order valence-electron chi connectivity index (χ0n) is 8.88. The summed E-state index contributed by atoms with van der Waals surface area (Å²) in [4.78, 5) is 10.1. The number of nitro groups is 1. The summed E-state index contributed by atoms with van der Waals surface area (Å²) >= 11 is 0. The third kappa shape index (κ3) is 1.55. The van der Waals surface area contributed by atoms with Crippen LogP contribution in [0.4, 0.5) is 11.4 Å². The third-order valence-corrected chi connectivity index (χ3v) is 3.28. The average Bonchev–Trinajstić information content (AvgIpc) is 2.81. The molecule has 0 radical (unpaired) electrons. The molecule has 0 atom stereocenters. The molecule has 3 heterocycles. The molecule has 3 fully saturated rings. The highest BCUT2D eigenvalue weighted by atomic mass is 31.2. The first-order valence-corrected chi connectivity index (χ1v) is 6.10. The third-order valence-electron chi connectivity index (χ3n) is 2.25. The average molecular weight is 275 g/mol. The lowest BCUT2D eigenvalue weighted by Crippen LogP contribution is -2.34. The van der Waals surface area contributed by atoms with Crippen molar-refractivity contribution < 1.29 is 28.1 Å². The van der Waals surface area contributed by atoms with Gasteiger partial charge in [0.1, 0.15) is 0 Å². The second kappa shape index (κ2) is 3.64. The highest BCUT2D eigenvalue weighted by Crippen LogP contribution is 2.67. The van der Waals surface area contributed by atoms with Crippen LogP contribution in [0, 0.1) is 10.1 Å². The van der Waals surface area contributed by atoms with E-state index in [0.29, 0.717) is 5.69 Å². The number of anilines is 1. The van der Waals surface area contributed by atoms with E-state index >= 15 is 0 Å². The normalized spacial score (nSPS) is 28.9. The molecule has 11 heteroatoms. The topological polar surface area (TPSA) is 104 Å². The fourth-order valence-corrected chi connectivity index (χ4v) is 2.37. The van der Waals surface area contributed by atoms with Gasteiger partial charge in [-0.2, -0.15) is 0 Å². The van der Waals surface area contributed by atoms with Crippen molar-refractivity contribution in [1.29, 1.82) is 0 Å². The zero-order chi connectivity index (χ0) is 12.9. The van der Waals surface area contributed by atoms with Gasteiger partial charge >= 0.3 is 13.5 Å². The Hall–Kier alpha value is -1.71. The smallest absolute Gasteiger partial charge is 0.490 e. The van der Waals surface area contributed by atoms with E-state index in [0.717, 1.165) is 10.5 Å². The van der Waals surface area contributed by atoms with Crippen molar-refractivity contribution in [3.8, 4) is 5.75 Å². The molecular weight excluding hydrogens is 269 g/mol. The zero-order valence-corrected chi connectivity index (χ0v) is 9.77. The molecule has 0 spiro atoms. The van der Waals surface area contributed by atoms with Gasteiger partial charge < -0.3 is 4.74 Å². The van der Waals surface area contributed by atoms with E-state index < -0.39 is 12.7 Å². The van der Waals surface area contributed by atoms with Crippen LogP contribution in [0.5, 0.6) is 5.75 Å². The Morgan fingerprint density at radius 2 is 2.11 bits per heavy atom. The van der Waals surface area contributed by atoms with Crippen LogP contribution < -0.4 is 9.91 Å². The van der Waals surface area contributed by atoms with E-state index in [2.05, 4.69) is 9.25 Å². The van der Waals surface area contributed by atoms with Crippen LogP contribution in [-0.4, -0.2) is 17.4 Å². The lowest BCUT2D eigenvalue weighted by molar-refractivity contribution is -0.385. The molecule has 1 aromatic carbocycles. The van der Waals surface area contributed by atoms with Crippen molar-refractivity contribution in [3.63, 3.8) is 0 Å². The maximum absolute atomic E-state index is 11.3. The maximum atomic E-state index is 11.3. The van der Waals surface area contributed by atoms with Crippen LogP contribution in [-0.2, 0) is 18.4 Å². The van der Waals surface area contributed by atoms with Gasteiger partial charge in [-0.1, -0.05) is 0 Å². The second-order valence-electron chi connectivity index (χ2n) is 3.32. The molecule has 0 aliphatic carbocycles. The summed E-state index contributed by atoms with van der Waals surface area (Å²) in [7, 11) is -2.20. The Morgan fingerprint density at radius 3 is 2.61 bits per heavy atom. The van der Waals surface area contributed by atoms with Crippen molar-refractivity contribution in [2.45, 2.75) is 0 Å². The lowest BCUT2D eigenvalue weighted by atomic mass is 10.2. The summed E-state index contributed by atoms with van der Waals surface area (Å²) in [5.74, 6) is 0.0321. The molecule has 3 saturated heterocycles. The number of phosphoric acid groups is 1. The number of benzene rings is 1. The number of nitro benzene ring substituents is 1. The van der Waals surface area contributed by atoms with Crippen LogP contribution in [0.15, 0.2) is 18.2 Å². The molecule has 4 rings (SSSR count). The van der Waals surface area contributed by atoms with Crippen molar-refractivity contribution in [2.24, 2.45) is 0 Å². The molecule has 2 bridgehead atoms. The van der Waals surface area contributed by atoms with Crippen molar-refractivity contribution in [3.05, 3.63) is 28.3 Å². The van der Waals surface area contributed by atoms with Gasteiger partial charge in [0.25, 0.3) is 0 Å². The number of nitrogens with zero attached hydrogens (tertiary/aromatic N) is 3. The van der Waals surface area contributed by atoms with E-state index in [9.17, 15) is 14.7 Å². The van der Waals surface area contributed by atoms with Gasteiger partial charge in [-0.15, -0.1) is 19.0 Å². The number of ether oxygens (including phenoxy) is 1. The fourth-order valence-electron chi connectivity index (χ4n) is 1.48. The molecule has 0 aromatic heterocycles. The summed E-state index contributed by atoms with van der Waals surface area (Å²) in [5.41, 5.74) is 0.115. The summed E-state index contributed by atoms with van der Waals surface area (Å²) in [6.45, 7) is 0. The number of hydrogen-bond donors (Lipinski definition) is 0. The maximum Gasteiger partial charge on any atom is 0.538 e. The van der Waals surface area contributed by atoms with Gasteiger partial charge in [-0.05, 0) is 6.07 Å². The Morgan fingerprint density at radius 1 is 1.39 bits per heavy atom. The molecule has 0 amide bonds. The van der Waals surface area contributed by atoms with Gasteiger partial charge in [-0.25, -0.2) is 4.57 Å². The quantitative estimate of drug-likeness (QED) is 0.461. The van der Waals surface area contributed by atoms with Gasteiger partial charge in [0, 0.05) is 12.1 Å². The predicted octanol–water partition coefficient (Wildman–Crippen LogP) is 1.56. The predicted molar refractivity (Wildman–Crippen MR) is 54.8 cm³/mol.